The van der Waals surface area contributed by atoms with Gasteiger partial charge >= 0.3 is 0 Å². The van der Waals surface area contributed by atoms with Gasteiger partial charge in [-0.15, -0.1) is 5.10 Å². The summed E-state index contributed by atoms with van der Waals surface area (Å²) < 4.78 is 4.10. The van der Waals surface area contributed by atoms with Crippen LogP contribution in [0.25, 0.3) is 28.3 Å². The van der Waals surface area contributed by atoms with Crippen LogP contribution >= 0.6 is 0 Å². The second kappa shape index (κ2) is 7.04. The fourth-order valence-corrected chi connectivity index (χ4v) is 5.96. The molecule has 2 fully saturated rings. The number of nitrogens with zero attached hydrogens (tertiary/aromatic N) is 7. The first-order valence-electron chi connectivity index (χ1n) is 11.6. The normalized spacial score (nSPS) is 20.5. The van der Waals surface area contributed by atoms with Crippen LogP contribution in [-0.4, -0.2) is 37.9 Å². The minimum atomic E-state index is 0.663. The predicted molar refractivity (Wildman–Crippen MR) is 125 cm³/mol. The van der Waals surface area contributed by atoms with Crippen molar-refractivity contribution >= 4 is 5.69 Å². The molecule has 33 heavy (non-hydrogen) atoms. The van der Waals surface area contributed by atoms with Crippen LogP contribution in [-0.2, 0) is 6.54 Å². The van der Waals surface area contributed by atoms with Gasteiger partial charge in [-0.25, -0.2) is 0 Å². The number of hydrogen-bond donors (Lipinski definition) is 0. The molecule has 162 valence electrons. The van der Waals surface area contributed by atoms with Gasteiger partial charge in [-0.2, -0.15) is 9.94 Å². The quantitative estimate of drug-likeness (QED) is 0.416. The summed E-state index contributed by atoms with van der Waals surface area (Å²) >= 11 is 0. The molecule has 2 atom stereocenters. The molecular formula is C26H23N7. The summed E-state index contributed by atoms with van der Waals surface area (Å²) in [4.78, 5) is 2.57. The van der Waals surface area contributed by atoms with Gasteiger partial charge in [0, 0.05) is 37.1 Å². The van der Waals surface area contributed by atoms with Crippen LogP contribution in [0.2, 0.25) is 0 Å². The zero-order valence-corrected chi connectivity index (χ0v) is 18.2. The van der Waals surface area contributed by atoms with E-state index in [4.69, 9.17) is 5.26 Å². The van der Waals surface area contributed by atoms with E-state index >= 15 is 0 Å². The van der Waals surface area contributed by atoms with Crippen molar-refractivity contribution in [2.75, 3.05) is 18.0 Å². The fourth-order valence-electron chi connectivity index (χ4n) is 5.96. The third-order valence-corrected chi connectivity index (χ3v) is 7.67. The SMILES string of the molecule is N#Cc1ccc(-c2cc3n(c2)Cc2cc(N4CC5CCCC5C4)ccc2-n2nnnc2-3)cc1. The van der Waals surface area contributed by atoms with Gasteiger partial charge < -0.3 is 9.47 Å². The number of nitriles is 1. The number of rotatable bonds is 2. The van der Waals surface area contributed by atoms with Crippen LogP contribution in [0.4, 0.5) is 5.69 Å². The summed E-state index contributed by atoms with van der Waals surface area (Å²) in [6, 6.07) is 18.8. The number of fused-ring (bicyclic) bond motifs is 6. The van der Waals surface area contributed by atoms with Crippen LogP contribution in [0.15, 0.2) is 54.7 Å². The molecule has 4 aromatic rings. The third-order valence-electron chi connectivity index (χ3n) is 7.67. The molecule has 0 radical (unpaired) electrons. The van der Waals surface area contributed by atoms with Crippen molar-refractivity contribution in [3.8, 4) is 34.4 Å². The molecule has 0 spiro atoms. The molecule has 0 bridgehead atoms. The van der Waals surface area contributed by atoms with Crippen molar-refractivity contribution in [1.29, 1.82) is 5.26 Å². The average molecular weight is 434 g/mol. The number of hydrogen-bond acceptors (Lipinski definition) is 5. The maximum atomic E-state index is 9.11. The van der Waals surface area contributed by atoms with Crippen molar-refractivity contribution in [3.63, 3.8) is 0 Å². The van der Waals surface area contributed by atoms with Gasteiger partial charge in [0.05, 0.1) is 23.0 Å². The highest BCUT2D eigenvalue weighted by Gasteiger charge is 2.36. The lowest BCUT2D eigenvalue weighted by atomic mass is 10.0. The molecule has 1 aliphatic carbocycles. The van der Waals surface area contributed by atoms with E-state index in [1.54, 1.807) is 0 Å². The summed E-state index contributed by atoms with van der Waals surface area (Å²) in [6.07, 6.45) is 6.32. The van der Waals surface area contributed by atoms with Crippen molar-refractivity contribution < 1.29 is 0 Å². The molecule has 7 nitrogen and oxygen atoms in total. The molecule has 7 heteroatoms. The van der Waals surface area contributed by atoms with E-state index in [1.807, 2.05) is 28.9 Å². The van der Waals surface area contributed by atoms with E-state index in [0.717, 1.165) is 46.7 Å². The Morgan fingerprint density at radius 1 is 0.939 bits per heavy atom. The highest BCUT2D eigenvalue weighted by Crippen LogP contribution is 2.41. The summed E-state index contributed by atoms with van der Waals surface area (Å²) in [6.45, 7) is 3.11. The van der Waals surface area contributed by atoms with Gasteiger partial charge in [-0.1, -0.05) is 18.6 Å². The minimum absolute atomic E-state index is 0.663. The summed E-state index contributed by atoms with van der Waals surface area (Å²) in [7, 11) is 0. The molecule has 3 aliphatic rings. The lowest BCUT2D eigenvalue weighted by Crippen LogP contribution is -2.21. The van der Waals surface area contributed by atoms with E-state index in [2.05, 4.69) is 61.5 Å². The Balaban J connectivity index is 1.29. The first-order valence-corrected chi connectivity index (χ1v) is 11.6. The van der Waals surface area contributed by atoms with Crippen molar-refractivity contribution in [3.05, 3.63) is 65.9 Å². The highest BCUT2D eigenvalue weighted by atomic mass is 15.5. The molecule has 2 aromatic heterocycles. The second-order valence-corrected chi connectivity index (χ2v) is 9.51. The van der Waals surface area contributed by atoms with Crippen molar-refractivity contribution in [2.45, 2.75) is 25.8 Å². The van der Waals surface area contributed by atoms with Gasteiger partial charge in [0.1, 0.15) is 0 Å². The zero-order valence-electron chi connectivity index (χ0n) is 18.2. The van der Waals surface area contributed by atoms with Crippen molar-refractivity contribution in [2.24, 2.45) is 11.8 Å². The van der Waals surface area contributed by atoms with Gasteiger partial charge in [-0.3, -0.25) is 0 Å². The molecule has 2 unspecified atom stereocenters. The predicted octanol–water partition coefficient (Wildman–Crippen LogP) is 4.27. The van der Waals surface area contributed by atoms with E-state index in [0.29, 0.717) is 5.56 Å². The Morgan fingerprint density at radius 3 is 2.55 bits per heavy atom. The number of aromatic nitrogens is 5. The number of tetrazole rings is 1. The van der Waals surface area contributed by atoms with E-state index in [9.17, 15) is 0 Å². The lowest BCUT2D eigenvalue weighted by molar-refractivity contribution is 0.494. The molecule has 2 aromatic carbocycles. The van der Waals surface area contributed by atoms with E-state index in [1.165, 1.54) is 43.6 Å². The second-order valence-electron chi connectivity index (χ2n) is 9.51. The Labute approximate surface area is 191 Å². The monoisotopic (exact) mass is 433 g/mol. The fraction of sp³-hybridized carbons (Fsp3) is 0.308. The van der Waals surface area contributed by atoms with Crippen LogP contribution in [0.5, 0.6) is 0 Å². The molecule has 0 N–H and O–H groups in total. The number of anilines is 1. The number of benzene rings is 2. The molecule has 2 aliphatic heterocycles. The first-order chi connectivity index (χ1) is 16.3. The smallest absolute Gasteiger partial charge is 0.203 e. The topological polar surface area (TPSA) is 75.6 Å². The molecule has 7 rings (SSSR count). The third kappa shape index (κ3) is 2.91. The van der Waals surface area contributed by atoms with E-state index in [-0.39, 0.29) is 0 Å². The molecule has 4 heterocycles. The standard InChI is InChI=1S/C26H23N7/c27-12-17-4-6-18(7-5-17)21-11-25-26-28-29-30-33(26)24-9-8-23(10-22(24)16-32(25)15-21)31-13-19-2-1-3-20(19)14-31/h4-11,15,19-20H,1-3,13-14,16H2. The molecule has 1 saturated heterocycles. The Hall–Kier alpha value is -3.92. The summed E-state index contributed by atoms with van der Waals surface area (Å²) in [5, 5.41) is 21.8. The summed E-state index contributed by atoms with van der Waals surface area (Å²) in [5.74, 6) is 2.47. The van der Waals surface area contributed by atoms with Gasteiger partial charge in [-0.05, 0) is 82.6 Å². The maximum absolute atomic E-state index is 9.11. The highest BCUT2D eigenvalue weighted by molar-refractivity contribution is 5.72. The van der Waals surface area contributed by atoms with Crippen LogP contribution in [0, 0.1) is 23.2 Å². The molecule has 0 amide bonds. The Morgan fingerprint density at radius 2 is 1.76 bits per heavy atom. The Kier molecular flexibility index (Phi) is 3.98. The van der Waals surface area contributed by atoms with E-state index < -0.39 is 0 Å². The van der Waals surface area contributed by atoms with Crippen LogP contribution < -0.4 is 4.90 Å². The van der Waals surface area contributed by atoms with Crippen LogP contribution in [0.3, 0.4) is 0 Å². The zero-order chi connectivity index (χ0) is 21.9. The van der Waals surface area contributed by atoms with Gasteiger partial charge in [0.2, 0.25) is 5.82 Å². The average Bonchev–Trinajstić information content (AvgIpc) is 3.62. The first kappa shape index (κ1) is 18.6. The van der Waals surface area contributed by atoms with Crippen LogP contribution in [0.1, 0.15) is 30.4 Å². The largest absolute Gasteiger partial charge is 0.371 e. The van der Waals surface area contributed by atoms with Gasteiger partial charge in [0.15, 0.2) is 0 Å². The molecular weight excluding hydrogens is 410 g/mol. The summed E-state index contributed by atoms with van der Waals surface area (Å²) in [5.41, 5.74) is 7.40. The minimum Gasteiger partial charge on any atom is -0.371 e. The van der Waals surface area contributed by atoms with Gasteiger partial charge in [0.25, 0.3) is 0 Å². The Bertz CT molecular complexity index is 1390. The lowest BCUT2D eigenvalue weighted by Gasteiger charge is -2.21. The molecule has 1 saturated carbocycles. The maximum Gasteiger partial charge on any atom is 0.203 e. The van der Waals surface area contributed by atoms with Crippen molar-refractivity contribution in [1.82, 2.24) is 24.8 Å².